The van der Waals surface area contributed by atoms with E-state index in [-0.39, 0.29) is 12.5 Å². The predicted octanol–water partition coefficient (Wildman–Crippen LogP) is 3.75. The number of rotatable bonds is 3. The summed E-state index contributed by atoms with van der Waals surface area (Å²) in [6.07, 6.45) is 1.92. The van der Waals surface area contributed by atoms with Crippen molar-refractivity contribution in [1.29, 1.82) is 0 Å². The highest BCUT2D eigenvalue weighted by Gasteiger charge is 2.08. The lowest BCUT2D eigenvalue weighted by Gasteiger charge is -2.07. The summed E-state index contributed by atoms with van der Waals surface area (Å²) in [5.74, 6) is 0.489. The van der Waals surface area contributed by atoms with Crippen LogP contribution in [0, 0.1) is 6.92 Å². The molecule has 0 spiro atoms. The maximum atomic E-state index is 12.1. The highest BCUT2D eigenvalue weighted by molar-refractivity contribution is 9.10. The van der Waals surface area contributed by atoms with Crippen LogP contribution in [0.1, 0.15) is 5.69 Å². The summed E-state index contributed by atoms with van der Waals surface area (Å²) >= 11 is 3.51. The van der Waals surface area contributed by atoms with Crippen LogP contribution in [-0.4, -0.2) is 15.5 Å². The third kappa shape index (κ3) is 2.97. The molecule has 0 bridgehead atoms. The number of carbonyl (C=O) groups excluding carboxylic acids is 1. The minimum atomic E-state index is -0.0921. The van der Waals surface area contributed by atoms with Crippen molar-refractivity contribution in [3.05, 3.63) is 58.8 Å². The molecular formula is C16H14BrN3O. The highest BCUT2D eigenvalue weighted by atomic mass is 79.9. The van der Waals surface area contributed by atoms with E-state index in [0.29, 0.717) is 5.82 Å². The molecule has 2 heterocycles. The van der Waals surface area contributed by atoms with E-state index >= 15 is 0 Å². The first-order valence-corrected chi connectivity index (χ1v) is 7.39. The smallest absolute Gasteiger partial charge is 0.245 e. The third-order valence-corrected chi connectivity index (χ3v) is 3.92. The molecule has 4 nitrogen and oxygen atoms in total. The van der Waals surface area contributed by atoms with Crippen LogP contribution < -0.4 is 5.32 Å². The number of nitrogens with one attached hydrogen (secondary N) is 1. The molecule has 0 radical (unpaired) electrons. The third-order valence-electron chi connectivity index (χ3n) is 3.23. The largest absolute Gasteiger partial charge is 0.338 e. The maximum absolute atomic E-state index is 12.1. The van der Waals surface area contributed by atoms with Gasteiger partial charge in [0.25, 0.3) is 0 Å². The van der Waals surface area contributed by atoms with E-state index in [1.54, 1.807) is 6.07 Å². The van der Waals surface area contributed by atoms with Gasteiger partial charge in [-0.25, -0.2) is 4.98 Å². The molecule has 1 amide bonds. The topological polar surface area (TPSA) is 46.9 Å². The van der Waals surface area contributed by atoms with Crippen molar-refractivity contribution in [1.82, 2.24) is 9.55 Å². The Balaban J connectivity index is 1.79. The average molecular weight is 344 g/mol. The minimum Gasteiger partial charge on any atom is -0.338 e. The number of fused-ring (bicyclic) bond motifs is 1. The summed E-state index contributed by atoms with van der Waals surface area (Å²) in [6, 6.07) is 13.5. The normalized spacial score (nSPS) is 10.8. The molecule has 0 aliphatic carbocycles. The second kappa shape index (κ2) is 5.69. The van der Waals surface area contributed by atoms with Gasteiger partial charge >= 0.3 is 0 Å². The molecule has 0 fully saturated rings. The van der Waals surface area contributed by atoms with Crippen LogP contribution in [0.15, 0.2) is 53.1 Å². The molecule has 21 heavy (non-hydrogen) atoms. The van der Waals surface area contributed by atoms with Gasteiger partial charge < -0.3 is 9.88 Å². The van der Waals surface area contributed by atoms with Gasteiger partial charge in [0.1, 0.15) is 12.4 Å². The monoisotopic (exact) mass is 343 g/mol. The Morgan fingerprint density at radius 1 is 1.24 bits per heavy atom. The first-order chi connectivity index (χ1) is 10.1. The lowest BCUT2D eigenvalue weighted by Crippen LogP contribution is -2.19. The number of hydrogen-bond acceptors (Lipinski definition) is 2. The first-order valence-electron chi connectivity index (χ1n) is 6.60. The maximum Gasteiger partial charge on any atom is 0.245 e. The van der Waals surface area contributed by atoms with Gasteiger partial charge in [-0.2, -0.15) is 0 Å². The van der Waals surface area contributed by atoms with Gasteiger partial charge in [0, 0.05) is 27.3 Å². The average Bonchev–Trinajstić information content (AvgIpc) is 2.83. The molecule has 0 atom stereocenters. The standard InChI is InChI=1S/C16H14BrN3O/c1-11-4-2-7-15(18-11)19-16(21)10-20-9-8-12-13(17)5-3-6-14(12)20/h2-9H,10H2,1H3,(H,18,19,21). The van der Waals surface area contributed by atoms with Crippen LogP contribution in [0.3, 0.4) is 0 Å². The van der Waals surface area contributed by atoms with Crippen molar-refractivity contribution in [3.63, 3.8) is 0 Å². The fraction of sp³-hybridized carbons (Fsp3) is 0.125. The summed E-state index contributed by atoms with van der Waals surface area (Å²) < 4.78 is 2.95. The Hall–Kier alpha value is -2.14. The summed E-state index contributed by atoms with van der Waals surface area (Å²) in [5, 5.41) is 3.91. The molecule has 2 aromatic heterocycles. The molecule has 5 heteroatoms. The van der Waals surface area contributed by atoms with Gasteiger partial charge in [-0.3, -0.25) is 4.79 Å². The van der Waals surface area contributed by atoms with Gasteiger partial charge in [-0.05, 0) is 37.3 Å². The predicted molar refractivity (Wildman–Crippen MR) is 87.2 cm³/mol. The van der Waals surface area contributed by atoms with E-state index in [0.717, 1.165) is 21.1 Å². The zero-order valence-electron chi connectivity index (χ0n) is 11.5. The highest BCUT2D eigenvalue weighted by Crippen LogP contribution is 2.24. The van der Waals surface area contributed by atoms with Crippen LogP contribution in [0.25, 0.3) is 10.9 Å². The molecule has 0 aliphatic rings. The Morgan fingerprint density at radius 2 is 2.05 bits per heavy atom. The molecule has 0 unspecified atom stereocenters. The molecule has 106 valence electrons. The number of aryl methyl sites for hydroxylation is 1. The van der Waals surface area contributed by atoms with E-state index in [2.05, 4.69) is 26.2 Å². The molecule has 3 rings (SSSR count). The van der Waals surface area contributed by atoms with Crippen molar-refractivity contribution in [3.8, 4) is 0 Å². The van der Waals surface area contributed by atoms with Gasteiger partial charge in [0.2, 0.25) is 5.91 Å². The van der Waals surface area contributed by atoms with Crippen molar-refractivity contribution in [2.24, 2.45) is 0 Å². The summed E-state index contributed by atoms with van der Waals surface area (Å²) in [4.78, 5) is 16.4. The van der Waals surface area contributed by atoms with Crippen LogP contribution >= 0.6 is 15.9 Å². The second-order valence-electron chi connectivity index (χ2n) is 4.83. The SMILES string of the molecule is Cc1cccc(NC(=O)Cn2ccc3c(Br)cccc32)n1. The molecule has 1 aromatic carbocycles. The van der Waals surface area contributed by atoms with Crippen LogP contribution in [0.5, 0.6) is 0 Å². The molecule has 3 aromatic rings. The van der Waals surface area contributed by atoms with Crippen LogP contribution in [0.2, 0.25) is 0 Å². The van der Waals surface area contributed by atoms with Crippen molar-refractivity contribution in [2.75, 3.05) is 5.32 Å². The fourth-order valence-corrected chi connectivity index (χ4v) is 2.76. The number of carbonyl (C=O) groups is 1. The van der Waals surface area contributed by atoms with E-state index in [1.807, 2.05) is 54.1 Å². The number of halogens is 1. The number of nitrogens with zero attached hydrogens (tertiary/aromatic N) is 2. The Labute approximate surface area is 130 Å². The van der Waals surface area contributed by atoms with Crippen LogP contribution in [0.4, 0.5) is 5.82 Å². The molecular weight excluding hydrogens is 330 g/mol. The number of anilines is 1. The number of aromatic nitrogens is 2. The molecule has 0 saturated carbocycles. The summed E-state index contributed by atoms with van der Waals surface area (Å²) in [7, 11) is 0. The molecule has 1 N–H and O–H groups in total. The Kier molecular flexibility index (Phi) is 3.75. The van der Waals surface area contributed by atoms with E-state index in [4.69, 9.17) is 0 Å². The number of hydrogen-bond donors (Lipinski definition) is 1. The lowest BCUT2D eigenvalue weighted by atomic mass is 10.2. The van der Waals surface area contributed by atoms with Crippen molar-refractivity contribution < 1.29 is 4.79 Å². The van der Waals surface area contributed by atoms with E-state index in [9.17, 15) is 4.79 Å². The van der Waals surface area contributed by atoms with Crippen molar-refractivity contribution in [2.45, 2.75) is 13.5 Å². The minimum absolute atomic E-state index is 0.0921. The zero-order chi connectivity index (χ0) is 14.8. The van der Waals surface area contributed by atoms with Gasteiger partial charge in [0.15, 0.2) is 0 Å². The van der Waals surface area contributed by atoms with Gasteiger partial charge in [-0.1, -0.05) is 28.1 Å². The van der Waals surface area contributed by atoms with Gasteiger partial charge in [0.05, 0.1) is 0 Å². The lowest BCUT2D eigenvalue weighted by molar-refractivity contribution is -0.116. The Morgan fingerprint density at radius 3 is 2.86 bits per heavy atom. The van der Waals surface area contributed by atoms with Crippen molar-refractivity contribution >= 4 is 38.6 Å². The second-order valence-corrected chi connectivity index (χ2v) is 5.68. The zero-order valence-corrected chi connectivity index (χ0v) is 13.1. The van der Waals surface area contributed by atoms with E-state index < -0.39 is 0 Å². The number of benzene rings is 1. The van der Waals surface area contributed by atoms with E-state index in [1.165, 1.54) is 0 Å². The molecule has 0 saturated heterocycles. The molecule has 0 aliphatic heterocycles. The quantitative estimate of drug-likeness (QED) is 0.787. The first kappa shape index (κ1) is 13.8. The number of pyridine rings is 1. The summed E-state index contributed by atoms with van der Waals surface area (Å²) in [6.45, 7) is 2.15. The van der Waals surface area contributed by atoms with Crippen LogP contribution in [-0.2, 0) is 11.3 Å². The van der Waals surface area contributed by atoms with Gasteiger partial charge in [-0.15, -0.1) is 0 Å². The number of amides is 1. The fourth-order valence-electron chi connectivity index (χ4n) is 2.27. The summed E-state index contributed by atoms with van der Waals surface area (Å²) in [5.41, 5.74) is 1.90. The Bertz CT molecular complexity index is 810.